The van der Waals surface area contributed by atoms with Crippen LogP contribution in [0.15, 0.2) is 48.5 Å². The van der Waals surface area contributed by atoms with Crippen molar-refractivity contribution in [2.45, 2.75) is 13.8 Å². The van der Waals surface area contributed by atoms with Gasteiger partial charge in [0.15, 0.2) is 0 Å². The number of amides is 1. The van der Waals surface area contributed by atoms with Crippen molar-refractivity contribution in [1.82, 2.24) is 20.1 Å². The first-order valence-corrected chi connectivity index (χ1v) is 8.50. The Bertz CT molecular complexity index is 903. The van der Waals surface area contributed by atoms with Gasteiger partial charge in [-0.1, -0.05) is 24.3 Å². The molecule has 3 rings (SSSR count). The Morgan fingerprint density at radius 3 is 2.58 bits per heavy atom. The first-order chi connectivity index (χ1) is 12.6. The van der Waals surface area contributed by atoms with E-state index in [9.17, 15) is 4.79 Å². The number of hydrogen-bond acceptors (Lipinski definition) is 4. The van der Waals surface area contributed by atoms with Crippen molar-refractivity contribution < 1.29 is 9.53 Å². The molecule has 2 aromatic heterocycles. The van der Waals surface area contributed by atoms with E-state index in [1.807, 2.05) is 68.0 Å². The molecule has 0 saturated heterocycles. The van der Waals surface area contributed by atoms with E-state index in [0.717, 1.165) is 28.4 Å². The smallest absolute Gasteiger partial charge is 0.270 e. The van der Waals surface area contributed by atoms with Gasteiger partial charge in [0.25, 0.3) is 5.91 Å². The molecule has 0 bridgehead atoms. The fourth-order valence-electron chi connectivity index (χ4n) is 2.79. The molecule has 0 spiro atoms. The van der Waals surface area contributed by atoms with Crippen molar-refractivity contribution in [2.75, 3.05) is 13.2 Å². The molecule has 6 heteroatoms. The summed E-state index contributed by atoms with van der Waals surface area (Å²) in [6.07, 6.45) is 0. The first-order valence-electron chi connectivity index (χ1n) is 8.50. The summed E-state index contributed by atoms with van der Waals surface area (Å²) in [5.41, 5.74) is 4.01. The zero-order valence-corrected chi connectivity index (χ0v) is 15.2. The van der Waals surface area contributed by atoms with E-state index < -0.39 is 0 Å². The van der Waals surface area contributed by atoms with Gasteiger partial charge >= 0.3 is 0 Å². The second kappa shape index (κ2) is 7.82. The lowest BCUT2D eigenvalue weighted by Gasteiger charge is -2.08. The molecule has 0 unspecified atom stereocenters. The summed E-state index contributed by atoms with van der Waals surface area (Å²) in [5.74, 6) is 0.562. The van der Waals surface area contributed by atoms with Crippen LogP contribution >= 0.6 is 0 Å². The molecule has 0 atom stereocenters. The highest BCUT2D eigenvalue weighted by molar-refractivity contribution is 5.92. The Morgan fingerprint density at radius 2 is 1.88 bits per heavy atom. The highest BCUT2D eigenvalue weighted by Gasteiger charge is 2.15. The van der Waals surface area contributed by atoms with Gasteiger partial charge in [0, 0.05) is 18.3 Å². The van der Waals surface area contributed by atoms with Crippen molar-refractivity contribution >= 4 is 5.91 Å². The molecule has 0 radical (unpaired) electrons. The van der Waals surface area contributed by atoms with E-state index in [2.05, 4.69) is 15.4 Å². The minimum absolute atomic E-state index is 0.220. The Labute approximate surface area is 152 Å². The van der Waals surface area contributed by atoms with Gasteiger partial charge in [0.2, 0.25) is 0 Å². The summed E-state index contributed by atoms with van der Waals surface area (Å²) >= 11 is 0. The lowest BCUT2D eigenvalue weighted by molar-refractivity contribution is 0.0942. The number of aryl methyl sites for hydroxylation is 2. The monoisotopic (exact) mass is 350 g/mol. The number of para-hydroxylation sites is 1. The number of pyridine rings is 1. The minimum atomic E-state index is -0.220. The van der Waals surface area contributed by atoms with Crippen LogP contribution in [0, 0.1) is 13.8 Å². The van der Waals surface area contributed by atoms with Crippen LogP contribution in [-0.4, -0.2) is 33.8 Å². The molecular formula is C20H22N4O2. The maximum atomic E-state index is 12.4. The van der Waals surface area contributed by atoms with Gasteiger partial charge in [-0.3, -0.25) is 9.48 Å². The van der Waals surface area contributed by atoms with E-state index in [4.69, 9.17) is 4.74 Å². The maximum absolute atomic E-state index is 12.4. The zero-order chi connectivity index (χ0) is 18.5. The molecule has 0 aliphatic rings. The van der Waals surface area contributed by atoms with E-state index in [1.54, 1.807) is 6.07 Å². The molecule has 1 amide bonds. The van der Waals surface area contributed by atoms with Crippen LogP contribution in [0.4, 0.5) is 0 Å². The standard InChI is InChI=1S/C20H22N4O2/c1-14-19(15(2)24(3)23-14)17-10-7-11-18(22-17)20(25)21-12-13-26-16-8-5-4-6-9-16/h4-11H,12-13H2,1-3H3,(H,21,25). The molecule has 0 aliphatic carbocycles. The third-order valence-electron chi connectivity index (χ3n) is 4.15. The van der Waals surface area contributed by atoms with Crippen molar-refractivity contribution in [1.29, 1.82) is 0 Å². The normalized spacial score (nSPS) is 10.6. The summed E-state index contributed by atoms with van der Waals surface area (Å²) in [7, 11) is 1.90. The molecule has 0 saturated carbocycles. The van der Waals surface area contributed by atoms with Gasteiger partial charge in [-0.15, -0.1) is 0 Å². The highest BCUT2D eigenvalue weighted by atomic mass is 16.5. The summed E-state index contributed by atoms with van der Waals surface area (Å²) in [6.45, 7) is 4.74. The number of carbonyl (C=O) groups is 1. The highest BCUT2D eigenvalue weighted by Crippen LogP contribution is 2.24. The van der Waals surface area contributed by atoms with E-state index >= 15 is 0 Å². The molecular weight excluding hydrogens is 328 g/mol. The molecule has 0 aliphatic heterocycles. The van der Waals surface area contributed by atoms with Crippen LogP contribution in [0.5, 0.6) is 5.75 Å². The molecule has 6 nitrogen and oxygen atoms in total. The second-order valence-electron chi connectivity index (χ2n) is 5.99. The molecule has 134 valence electrons. The SMILES string of the molecule is Cc1nn(C)c(C)c1-c1cccc(C(=O)NCCOc2ccccc2)n1. The summed E-state index contributed by atoms with van der Waals surface area (Å²) in [6, 6.07) is 14.9. The first kappa shape index (κ1) is 17.7. The Morgan fingerprint density at radius 1 is 1.12 bits per heavy atom. The lowest BCUT2D eigenvalue weighted by atomic mass is 10.1. The van der Waals surface area contributed by atoms with E-state index in [0.29, 0.717) is 18.8 Å². The maximum Gasteiger partial charge on any atom is 0.270 e. The number of hydrogen-bond donors (Lipinski definition) is 1. The van der Waals surface area contributed by atoms with Gasteiger partial charge in [-0.05, 0) is 38.1 Å². The number of ether oxygens (including phenoxy) is 1. The molecule has 26 heavy (non-hydrogen) atoms. The molecule has 1 aromatic carbocycles. The van der Waals surface area contributed by atoms with Crippen molar-refractivity contribution in [3.8, 4) is 17.0 Å². The Hall–Kier alpha value is -3.15. The molecule has 1 N–H and O–H groups in total. The number of nitrogens with zero attached hydrogens (tertiary/aromatic N) is 3. The lowest BCUT2D eigenvalue weighted by Crippen LogP contribution is -2.28. The van der Waals surface area contributed by atoms with Crippen LogP contribution in [0.2, 0.25) is 0 Å². The third kappa shape index (κ3) is 3.91. The molecule has 3 aromatic rings. The van der Waals surface area contributed by atoms with Crippen LogP contribution < -0.4 is 10.1 Å². The predicted octanol–water partition coefficient (Wildman–Crippen LogP) is 2.91. The van der Waals surface area contributed by atoms with Crippen LogP contribution in [0.3, 0.4) is 0 Å². The van der Waals surface area contributed by atoms with E-state index in [-0.39, 0.29) is 5.91 Å². The Kier molecular flexibility index (Phi) is 5.31. The summed E-state index contributed by atoms with van der Waals surface area (Å²) in [4.78, 5) is 16.9. The van der Waals surface area contributed by atoms with Crippen LogP contribution in [0.25, 0.3) is 11.3 Å². The third-order valence-corrected chi connectivity index (χ3v) is 4.15. The Balaban J connectivity index is 1.63. The quantitative estimate of drug-likeness (QED) is 0.694. The summed E-state index contributed by atoms with van der Waals surface area (Å²) < 4.78 is 7.39. The average molecular weight is 350 g/mol. The van der Waals surface area contributed by atoms with Crippen LogP contribution in [0.1, 0.15) is 21.9 Å². The fourth-order valence-corrected chi connectivity index (χ4v) is 2.79. The number of aromatic nitrogens is 3. The zero-order valence-electron chi connectivity index (χ0n) is 15.2. The number of nitrogens with one attached hydrogen (secondary N) is 1. The van der Waals surface area contributed by atoms with Gasteiger partial charge in [-0.25, -0.2) is 4.98 Å². The molecule has 0 fully saturated rings. The minimum Gasteiger partial charge on any atom is -0.492 e. The van der Waals surface area contributed by atoms with Gasteiger partial charge in [-0.2, -0.15) is 5.10 Å². The van der Waals surface area contributed by atoms with Gasteiger partial charge in [0.1, 0.15) is 18.1 Å². The largest absolute Gasteiger partial charge is 0.492 e. The number of rotatable bonds is 6. The van der Waals surface area contributed by atoms with Crippen molar-refractivity contribution in [3.05, 3.63) is 65.6 Å². The average Bonchev–Trinajstić information content (AvgIpc) is 2.91. The predicted molar refractivity (Wildman–Crippen MR) is 100 cm³/mol. The van der Waals surface area contributed by atoms with Crippen LogP contribution in [-0.2, 0) is 7.05 Å². The van der Waals surface area contributed by atoms with Crippen molar-refractivity contribution in [2.24, 2.45) is 7.05 Å². The summed E-state index contributed by atoms with van der Waals surface area (Å²) in [5, 5.41) is 7.25. The second-order valence-corrected chi connectivity index (χ2v) is 5.99. The number of carbonyl (C=O) groups excluding carboxylic acids is 1. The van der Waals surface area contributed by atoms with Crippen molar-refractivity contribution in [3.63, 3.8) is 0 Å². The molecule has 2 heterocycles. The van der Waals surface area contributed by atoms with Gasteiger partial charge < -0.3 is 10.1 Å². The van der Waals surface area contributed by atoms with Gasteiger partial charge in [0.05, 0.1) is 17.9 Å². The topological polar surface area (TPSA) is 69.0 Å². The van der Waals surface area contributed by atoms with E-state index in [1.165, 1.54) is 0 Å². The fraction of sp³-hybridized carbons (Fsp3) is 0.250. The number of benzene rings is 1.